The lowest BCUT2D eigenvalue weighted by Gasteiger charge is -2.23. The van der Waals surface area contributed by atoms with Crippen LogP contribution in [0.5, 0.6) is 0 Å². The Morgan fingerprint density at radius 2 is 1.76 bits per heavy atom. The first-order valence-electron chi connectivity index (χ1n) is 6.75. The van der Waals surface area contributed by atoms with Gasteiger partial charge in [0, 0.05) is 6.04 Å². The second kappa shape index (κ2) is 6.79. The SMILES string of the molecule is CCCNC(C)C(C)S(=O)(=O)c1ccccc1C(F)(F)F. The summed E-state index contributed by atoms with van der Waals surface area (Å²) in [5.41, 5.74) is -1.11. The van der Waals surface area contributed by atoms with E-state index in [2.05, 4.69) is 5.32 Å². The molecule has 0 fully saturated rings. The van der Waals surface area contributed by atoms with Crippen molar-refractivity contribution < 1.29 is 21.6 Å². The maximum absolute atomic E-state index is 13.0. The standard InChI is InChI=1S/C14H20F3NO2S/c1-4-9-18-10(2)11(3)21(19,20)13-8-6-5-7-12(13)14(15,16)17/h5-8,10-11,18H,4,9H2,1-3H3. The van der Waals surface area contributed by atoms with Crippen LogP contribution in [0.1, 0.15) is 32.8 Å². The van der Waals surface area contributed by atoms with Crippen molar-refractivity contribution in [1.29, 1.82) is 0 Å². The number of rotatable bonds is 6. The minimum absolute atomic E-state index is 0.434. The van der Waals surface area contributed by atoms with E-state index >= 15 is 0 Å². The van der Waals surface area contributed by atoms with Crippen LogP contribution >= 0.6 is 0 Å². The number of halogens is 3. The summed E-state index contributed by atoms with van der Waals surface area (Å²) in [4.78, 5) is -0.657. The van der Waals surface area contributed by atoms with Crippen molar-refractivity contribution in [3.63, 3.8) is 0 Å². The van der Waals surface area contributed by atoms with E-state index in [9.17, 15) is 21.6 Å². The molecule has 0 saturated heterocycles. The predicted octanol–water partition coefficient (Wildman–Crippen LogP) is 3.26. The Labute approximate surface area is 123 Å². The summed E-state index contributed by atoms with van der Waals surface area (Å²) in [6.07, 6.45) is -3.88. The minimum Gasteiger partial charge on any atom is -0.313 e. The Balaban J connectivity index is 3.20. The summed E-state index contributed by atoms with van der Waals surface area (Å²) in [6.45, 7) is 5.63. The highest BCUT2D eigenvalue weighted by Gasteiger charge is 2.39. The molecule has 2 unspecified atom stereocenters. The van der Waals surface area contributed by atoms with Gasteiger partial charge in [0.25, 0.3) is 0 Å². The molecule has 0 spiro atoms. The molecule has 2 atom stereocenters. The monoisotopic (exact) mass is 323 g/mol. The van der Waals surface area contributed by atoms with Crippen LogP contribution in [0.4, 0.5) is 13.2 Å². The van der Waals surface area contributed by atoms with Gasteiger partial charge >= 0.3 is 6.18 Å². The molecule has 1 rings (SSSR count). The number of hydrogen-bond donors (Lipinski definition) is 1. The van der Waals surface area contributed by atoms with Gasteiger partial charge in [0.2, 0.25) is 0 Å². The highest BCUT2D eigenvalue weighted by molar-refractivity contribution is 7.92. The van der Waals surface area contributed by atoms with E-state index in [-0.39, 0.29) is 0 Å². The third-order valence-electron chi connectivity index (χ3n) is 3.41. The topological polar surface area (TPSA) is 46.2 Å². The van der Waals surface area contributed by atoms with Crippen molar-refractivity contribution in [1.82, 2.24) is 5.32 Å². The van der Waals surface area contributed by atoms with Crippen LogP contribution in [-0.2, 0) is 16.0 Å². The van der Waals surface area contributed by atoms with Crippen LogP contribution in [0.25, 0.3) is 0 Å². The number of nitrogens with one attached hydrogen (secondary N) is 1. The van der Waals surface area contributed by atoms with Crippen LogP contribution in [0.15, 0.2) is 29.2 Å². The Morgan fingerprint density at radius 1 is 1.19 bits per heavy atom. The van der Waals surface area contributed by atoms with Gasteiger partial charge in [0.15, 0.2) is 9.84 Å². The Hall–Kier alpha value is -1.08. The quantitative estimate of drug-likeness (QED) is 0.874. The van der Waals surface area contributed by atoms with Crippen molar-refractivity contribution in [3.8, 4) is 0 Å². The van der Waals surface area contributed by atoms with Crippen molar-refractivity contribution >= 4 is 9.84 Å². The van der Waals surface area contributed by atoms with Gasteiger partial charge in [-0.1, -0.05) is 19.1 Å². The van der Waals surface area contributed by atoms with E-state index in [1.54, 1.807) is 6.92 Å². The zero-order valence-electron chi connectivity index (χ0n) is 12.2. The van der Waals surface area contributed by atoms with E-state index in [1.165, 1.54) is 19.1 Å². The fourth-order valence-corrected chi connectivity index (χ4v) is 3.75. The van der Waals surface area contributed by atoms with E-state index in [1.807, 2.05) is 6.92 Å². The molecule has 1 N–H and O–H groups in total. The van der Waals surface area contributed by atoms with E-state index < -0.39 is 37.8 Å². The van der Waals surface area contributed by atoms with Gasteiger partial charge in [0.05, 0.1) is 15.7 Å². The summed E-state index contributed by atoms with van der Waals surface area (Å²) in [5.74, 6) is 0. The molecule has 0 aliphatic carbocycles. The van der Waals surface area contributed by atoms with Crippen molar-refractivity contribution in [3.05, 3.63) is 29.8 Å². The second-order valence-electron chi connectivity index (χ2n) is 4.99. The molecular weight excluding hydrogens is 303 g/mol. The average molecular weight is 323 g/mol. The van der Waals surface area contributed by atoms with Crippen molar-refractivity contribution in [2.45, 2.75) is 49.6 Å². The van der Waals surface area contributed by atoms with E-state index in [0.29, 0.717) is 6.54 Å². The zero-order chi connectivity index (χ0) is 16.3. The van der Waals surface area contributed by atoms with Gasteiger partial charge in [-0.15, -0.1) is 0 Å². The van der Waals surface area contributed by atoms with Gasteiger partial charge in [-0.05, 0) is 38.9 Å². The number of sulfone groups is 1. The first-order chi connectivity index (χ1) is 9.62. The van der Waals surface area contributed by atoms with Crippen molar-refractivity contribution in [2.24, 2.45) is 0 Å². The number of benzene rings is 1. The van der Waals surface area contributed by atoms with Crippen LogP contribution in [0.2, 0.25) is 0 Å². The second-order valence-corrected chi connectivity index (χ2v) is 7.26. The molecule has 0 aliphatic heterocycles. The molecule has 0 aliphatic rings. The van der Waals surface area contributed by atoms with Gasteiger partial charge in [-0.2, -0.15) is 13.2 Å². The summed E-state index contributed by atoms with van der Waals surface area (Å²) < 4.78 is 63.8. The third kappa shape index (κ3) is 4.20. The zero-order valence-corrected chi connectivity index (χ0v) is 13.1. The number of alkyl halides is 3. The van der Waals surface area contributed by atoms with E-state index in [4.69, 9.17) is 0 Å². The van der Waals surface area contributed by atoms with E-state index in [0.717, 1.165) is 18.6 Å². The predicted molar refractivity (Wildman–Crippen MR) is 75.8 cm³/mol. The van der Waals surface area contributed by atoms with Gasteiger partial charge in [-0.25, -0.2) is 8.42 Å². The maximum Gasteiger partial charge on any atom is 0.417 e. The Morgan fingerprint density at radius 3 is 2.29 bits per heavy atom. The molecule has 1 aromatic rings. The average Bonchev–Trinajstić information content (AvgIpc) is 2.42. The fourth-order valence-electron chi connectivity index (χ4n) is 1.96. The summed E-state index contributed by atoms with van der Waals surface area (Å²) in [5, 5.41) is 2.05. The molecule has 1 aromatic carbocycles. The van der Waals surface area contributed by atoms with Crippen molar-refractivity contribution in [2.75, 3.05) is 6.54 Å². The lowest BCUT2D eigenvalue weighted by Crippen LogP contribution is -2.41. The van der Waals surface area contributed by atoms with Gasteiger partial charge in [-0.3, -0.25) is 0 Å². The normalized spacial score (nSPS) is 15.7. The number of hydrogen-bond acceptors (Lipinski definition) is 3. The van der Waals surface area contributed by atoms with Crippen LogP contribution < -0.4 is 5.32 Å². The molecule has 0 saturated carbocycles. The highest BCUT2D eigenvalue weighted by atomic mass is 32.2. The maximum atomic E-state index is 13.0. The molecular formula is C14H20F3NO2S. The molecule has 0 radical (unpaired) electrons. The summed E-state index contributed by atoms with van der Waals surface area (Å²) in [7, 11) is -4.06. The Bertz CT molecular complexity index is 570. The third-order valence-corrected chi connectivity index (χ3v) is 5.77. The molecule has 0 amide bonds. The molecule has 0 heterocycles. The molecule has 120 valence electrons. The smallest absolute Gasteiger partial charge is 0.313 e. The first kappa shape index (κ1) is 18.0. The van der Waals surface area contributed by atoms with Crippen LogP contribution in [0, 0.1) is 0 Å². The fraction of sp³-hybridized carbons (Fsp3) is 0.571. The van der Waals surface area contributed by atoms with Crippen LogP contribution in [0.3, 0.4) is 0 Å². The van der Waals surface area contributed by atoms with Gasteiger partial charge in [0.1, 0.15) is 0 Å². The molecule has 21 heavy (non-hydrogen) atoms. The summed E-state index contributed by atoms with van der Waals surface area (Å²) >= 11 is 0. The first-order valence-corrected chi connectivity index (χ1v) is 8.30. The lowest BCUT2D eigenvalue weighted by atomic mass is 10.2. The lowest BCUT2D eigenvalue weighted by molar-refractivity contribution is -0.139. The highest BCUT2D eigenvalue weighted by Crippen LogP contribution is 2.35. The van der Waals surface area contributed by atoms with Crippen LogP contribution in [-0.4, -0.2) is 26.3 Å². The molecule has 7 heteroatoms. The summed E-state index contributed by atoms with van der Waals surface area (Å²) in [6, 6.07) is 3.87. The molecule has 0 aromatic heterocycles. The van der Waals surface area contributed by atoms with Gasteiger partial charge < -0.3 is 5.32 Å². The minimum atomic E-state index is -4.69. The largest absolute Gasteiger partial charge is 0.417 e. The molecule has 0 bridgehead atoms. The molecule has 3 nitrogen and oxygen atoms in total. The Kier molecular flexibility index (Phi) is 5.81.